The first-order valence-electron chi connectivity index (χ1n) is 9.85. The van der Waals surface area contributed by atoms with E-state index in [1.807, 2.05) is 29.2 Å². The van der Waals surface area contributed by atoms with Crippen LogP contribution in [0.15, 0.2) is 28.8 Å². The lowest BCUT2D eigenvalue weighted by atomic mass is 9.97. The molecule has 0 N–H and O–H groups in total. The third-order valence-electron chi connectivity index (χ3n) is 5.32. The SMILES string of the molecule is CCCCC(CC)C(=O)N1CCCC1c1nc(-c2ccc(C)cc2)no1. The van der Waals surface area contributed by atoms with E-state index < -0.39 is 0 Å². The van der Waals surface area contributed by atoms with E-state index in [-0.39, 0.29) is 17.9 Å². The molecule has 0 spiro atoms. The maximum Gasteiger partial charge on any atom is 0.249 e. The van der Waals surface area contributed by atoms with Gasteiger partial charge in [0.1, 0.15) is 6.04 Å². The van der Waals surface area contributed by atoms with Gasteiger partial charge in [-0.2, -0.15) is 4.98 Å². The van der Waals surface area contributed by atoms with E-state index in [0.717, 1.165) is 50.6 Å². The molecule has 5 nitrogen and oxygen atoms in total. The van der Waals surface area contributed by atoms with Crippen molar-refractivity contribution in [3.63, 3.8) is 0 Å². The summed E-state index contributed by atoms with van der Waals surface area (Å²) in [5.41, 5.74) is 2.14. The van der Waals surface area contributed by atoms with E-state index in [1.54, 1.807) is 0 Å². The molecular weight excluding hydrogens is 326 g/mol. The van der Waals surface area contributed by atoms with Crippen molar-refractivity contribution in [1.29, 1.82) is 0 Å². The second kappa shape index (κ2) is 8.47. The maximum absolute atomic E-state index is 13.0. The molecule has 5 heteroatoms. The molecule has 2 unspecified atom stereocenters. The summed E-state index contributed by atoms with van der Waals surface area (Å²) in [6, 6.07) is 8.00. The molecule has 0 bridgehead atoms. The van der Waals surface area contributed by atoms with Crippen LogP contribution in [0.1, 0.15) is 69.9 Å². The predicted molar refractivity (Wildman–Crippen MR) is 101 cm³/mol. The van der Waals surface area contributed by atoms with Crippen molar-refractivity contribution in [3.05, 3.63) is 35.7 Å². The molecule has 0 saturated carbocycles. The molecule has 0 radical (unpaired) electrons. The fraction of sp³-hybridized carbons (Fsp3) is 0.571. The van der Waals surface area contributed by atoms with Crippen molar-refractivity contribution >= 4 is 5.91 Å². The Kier molecular flexibility index (Phi) is 6.07. The predicted octanol–water partition coefficient (Wildman–Crippen LogP) is 4.92. The summed E-state index contributed by atoms with van der Waals surface area (Å²) in [5.74, 6) is 1.52. The summed E-state index contributed by atoms with van der Waals surface area (Å²) in [6.07, 6.45) is 5.96. The fourth-order valence-corrected chi connectivity index (χ4v) is 3.66. The van der Waals surface area contributed by atoms with Gasteiger partial charge in [0.25, 0.3) is 0 Å². The molecule has 26 heavy (non-hydrogen) atoms. The quantitative estimate of drug-likeness (QED) is 0.707. The first-order valence-corrected chi connectivity index (χ1v) is 9.85. The van der Waals surface area contributed by atoms with E-state index in [0.29, 0.717) is 11.7 Å². The largest absolute Gasteiger partial charge is 0.337 e. The number of aryl methyl sites for hydroxylation is 1. The van der Waals surface area contributed by atoms with Gasteiger partial charge in [-0.05, 0) is 32.6 Å². The highest BCUT2D eigenvalue weighted by molar-refractivity contribution is 5.79. The first-order chi connectivity index (χ1) is 12.6. The normalized spacial score (nSPS) is 18.3. The smallest absolute Gasteiger partial charge is 0.249 e. The van der Waals surface area contributed by atoms with Gasteiger partial charge < -0.3 is 9.42 Å². The number of nitrogens with zero attached hydrogens (tertiary/aromatic N) is 3. The zero-order valence-corrected chi connectivity index (χ0v) is 16.1. The zero-order valence-electron chi connectivity index (χ0n) is 16.1. The Labute approximate surface area is 155 Å². The number of amides is 1. The fourth-order valence-electron chi connectivity index (χ4n) is 3.66. The number of likely N-dealkylation sites (tertiary alicyclic amines) is 1. The molecule has 0 aliphatic carbocycles. The number of rotatable bonds is 7. The standard InChI is InChI=1S/C21H29N3O2/c1-4-6-8-16(5-2)21(25)24-14-7-9-18(24)20-22-19(23-26-20)17-12-10-15(3)11-13-17/h10-13,16,18H,4-9,14H2,1-3H3. The number of carbonyl (C=O) groups excluding carboxylic acids is 1. The molecule has 1 fully saturated rings. The molecule has 1 aromatic heterocycles. The molecule has 1 aromatic carbocycles. The number of hydrogen-bond acceptors (Lipinski definition) is 4. The minimum atomic E-state index is -0.0788. The van der Waals surface area contributed by atoms with Crippen LogP contribution >= 0.6 is 0 Å². The lowest BCUT2D eigenvalue weighted by Gasteiger charge is -2.26. The van der Waals surface area contributed by atoms with Crippen molar-refractivity contribution in [3.8, 4) is 11.4 Å². The van der Waals surface area contributed by atoms with Crippen LogP contribution < -0.4 is 0 Å². The highest BCUT2D eigenvalue weighted by Crippen LogP contribution is 2.34. The monoisotopic (exact) mass is 355 g/mol. The van der Waals surface area contributed by atoms with Crippen molar-refractivity contribution < 1.29 is 9.32 Å². The number of hydrogen-bond donors (Lipinski definition) is 0. The Morgan fingerprint density at radius 2 is 2.08 bits per heavy atom. The third-order valence-corrected chi connectivity index (χ3v) is 5.32. The van der Waals surface area contributed by atoms with E-state index in [2.05, 4.69) is 30.9 Å². The van der Waals surface area contributed by atoms with Crippen LogP contribution in [0.4, 0.5) is 0 Å². The van der Waals surface area contributed by atoms with Gasteiger partial charge >= 0.3 is 0 Å². The van der Waals surface area contributed by atoms with Crippen molar-refractivity contribution in [2.75, 3.05) is 6.54 Å². The zero-order chi connectivity index (χ0) is 18.5. The summed E-state index contributed by atoms with van der Waals surface area (Å²) in [7, 11) is 0. The van der Waals surface area contributed by atoms with Gasteiger partial charge in [-0.25, -0.2) is 0 Å². The van der Waals surface area contributed by atoms with Crippen molar-refractivity contribution in [2.45, 2.75) is 65.3 Å². The molecule has 1 saturated heterocycles. The Morgan fingerprint density at radius 1 is 1.31 bits per heavy atom. The van der Waals surface area contributed by atoms with Crippen molar-refractivity contribution in [1.82, 2.24) is 15.0 Å². The van der Waals surface area contributed by atoms with Crippen LogP contribution in [0, 0.1) is 12.8 Å². The Bertz CT molecular complexity index is 723. The summed E-state index contributed by atoms with van der Waals surface area (Å²) >= 11 is 0. The minimum Gasteiger partial charge on any atom is -0.337 e. The number of unbranched alkanes of at least 4 members (excludes halogenated alkanes) is 1. The van der Waals surface area contributed by atoms with Crippen LogP contribution in [-0.4, -0.2) is 27.5 Å². The van der Waals surface area contributed by atoms with Gasteiger partial charge in [-0.1, -0.05) is 61.7 Å². The maximum atomic E-state index is 13.0. The van der Waals surface area contributed by atoms with Gasteiger partial charge in [-0.15, -0.1) is 0 Å². The van der Waals surface area contributed by atoms with E-state index in [9.17, 15) is 4.79 Å². The van der Waals surface area contributed by atoms with Crippen molar-refractivity contribution in [2.24, 2.45) is 5.92 Å². The number of aromatic nitrogens is 2. The Balaban J connectivity index is 1.76. The van der Waals surface area contributed by atoms with E-state index in [1.165, 1.54) is 5.56 Å². The highest BCUT2D eigenvalue weighted by Gasteiger charge is 2.36. The molecule has 2 aromatic rings. The molecule has 1 aliphatic rings. The average molecular weight is 355 g/mol. The molecule has 1 amide bonds. The Hall–Kier alpha value is -2.17. The first kappa shape index (κ1) is 18.6. The topological polar surface area (TPSA) is 59.2 Å². The van der Waals surface area contributed by atoms with Gasteiger partial charge in [-0.3, -0.25) is 4.79 Å². The molecular formula is C21H29N3O2. The Morgan fingerprint density at radius 3 is 2.77 bits per heavy atom. The lowest BCUT2D eigenvalue weighted by Crippen LogP contribution is -2.35. The molecule has 140 valence electrons. The van der Waals surface area contributed by atoms with Crippen LogP contribution in [0.2, 0.25) is 0 Å². The van der Waals surface area contributed by atoms with Gasteiger partial charge in [0, 0.05) is 18.0 Å². The van der Waals surface area contributed by atoms with Crippen LogP contribution in [0.3, 0.4) is 0 Å². The molecule has 1 aliphatic heterocycles. The van der Waals surface area contributed by atoms with Gasteiger partial charge in [0.15, 0.2) is 0 Å². The second-order valence-corrected chi connectivity index (χ2v) is 7.26. The second-order valence-electron chi connectivity index (χ2n) is 7.26. The lowest BCUT2D eigenvalue weighted by molar-refractivity contribution is -0.137. The number of benzene rings is 1. The van der Waals surface area contributed by atoms with Gasteiger partial charge in [0.05, 0.1) is 0 Å². The van der Waals surface area contributed by atoms with E-state index >= 15 is 0 Å². The van der Waals surface area contributed by atoms with E-state index in [4.69, 9.17) is 4.52 Å². The third kappa shape index (κ3) is 3.97. The van der Waals surface area contributed by atoms with Crippen LogP contribution in [-0.2, 0) is 4.79 Å². The molecule has 3 rings (SSSR count). The summed E-state index contributed by atoms with van der Waals surface area (Å²) in [6.45, 7) is 7.11. The minimum absolute atomic E-state index is 0.0788. The summed E-state index contributed by atoms with van der Waals surface area (Å²) in [4.78, 5) is 19.6. The summed E-state index contributed by atoms with van der Waals surface area (Å²) in [5, 5.41) is 4.14. The summed E-state index contributed by atoms with van der Waals surface area (Å²) < 4.78 is 5.55. The van der Waals surface area contributed by atoms with Crippen LogP contribution in [0.25, 0.3) is 11.4 Å². The number of carbonyl (C=O) groups is 1. The molecule has 2 atom stereocenters. The average Bonchev–Trinajstić information content (AvgIpc) is 3.32. The van der Waals surface area contributed by atoms with Gasteiger partial charge in [0.2, 0.25) is 17.6 Å². The van der Waals surface area contributed by atoms with Crippen LogP contribution in [0.5, 0.6) is 0 Å². The highest BCUT2D eigenvalue weighted by atomic mass is 16.5. The molecule has 2 heterocycles.